The van der Waals surface area contributed by atoms with Crippen molar-refractivity contribution < 1.29 is 39.8 Å². The van der Waals surface area contributed by atoms with Gasteiger partial charge < -0.3 is 35.0 Å². The first kappa shape index (κ1) is 21.3. The van der Waals surface area contributed by atoms with Crippen LogP contribution in [0.5, 0.6) is 0 Å². The SMILES string of the molecule is CCCCCCCCCC(=O)O[C@@]1(O)O[C@H](CO)[C@@H](O)[C@H](O)[C@@H]1O. The van der Waals surface area contributed by atoms with Gasteiger partial charge in [-0.15, -0.1) is 0 Å². The van der Waals surface area contributed by atoms with E-state index in [2.05, 4.69) is 6.92 Å². The van der Waals surface area contributed by atoms with Crippen LogP contribution in [0.3, 0.4) is 0 Å². The van der Waals surface area contributed by atoms with Crippen molar-refractivity contribution in [2.24, 2.45) is 0 Å². The lowest BCUT2D eigenvalue weighted by atomic mass is 9.98. The van der Waals surface area contributed by atoms with E-state index in [1.807, 2.05) is 0 Å². The summed E-state index contributed by atoms with van der Waals surface area (Å²) in [7, 11) is 0. The lowest BCUT2D eigenvalue weighted by molar-refractivity contribution is -0.434. The van der Waals surface area contributed by atoms with Crippen molar-refractivity contribution in [3.8, 4) is 0 Å². The predicted octanol–water partition coefficient (Wildman–Crippen LogP) is -0.210. The number of ether oxygens (including phenoxy) is 2. The second-order valence-corrected chi connectivity index (χ2v) is 6.24. The monoisotopic (exact) mass is 350 g/mol. The minimum atomic E-state index is -2.79. The highest BCUT2D eigenvalue weighted by molar-refractivity contribution is 5.69. The maximum absolute atomic E-state index is 11.8. The van der Waals surface area contributed by atoms with Crippen LogP contribution in [-0.4, -0.2) is 68.5 Å². The summed E-state index contributed by atoms with van der Waals surface area (Å²) in [5.41, 5.74) is 0. The van der Waals surface area contributed by atoms with E-state index in [9.17, 15) is 25.2 Å². The average molecular weight is 350 g/mol. The van der Waals surface area contributed by atoms with Gasteiger partial charge in [0.1, 0.15) is 18.3 Å². The van der Waals surface area contributed by atoms with Crippen LogP contribution >= 0.6 is 0 Å². The Balaban J connectivity index is 2.38. The number of esters is 1. The van der Waals surface area contributed by atoms with Crippen molar-refractivity contribution >= 4 is 5.97 Å². The number of carbonyl (C=O) groups excluding carboxylic acids is 1. The number of hydrogen-bond donors (Lipinski definition) is 5. The number of rotatable bonds is 10. The molecular weight excluding hydrogens is 320 g/mol. The first-order valence-electron chi connectivity index (χ1n) is 8.62. The fourth-order valence-electron chi connectivity index (χ4n) is 2.65. The highest BCUT2D eigenvalue weighted by atomic mass is 16.8. The lowest BCUT2D eigenvalue weighted by Crippen LogP contribution is -2.66. The molecule has 0 bridgehead atoms. The second-order valence-electron chi connectivity index (χ2n) is 6.24. The maximum Gasteiger partial charge on any atom is 0.357 e. The normalized spacial score (nSPS) is 33.4. The van der Waals surface area contributed by atoms with Crippen LogP contribution in [0.15, 0.2) is 0 Å². The largest absolute Gasteiger partial charge is 0.406 e. The molecule has 1 aliphatic heterocycles. The standard InChI is InChI=1S/C16H30O8/c1-2-3-4-5-6-7-8-9-12(18)24-16(22)15(21)14(20)13(19)11(10-17)23-16/h11,13-15,17,19-22H,2-10H2,1H3/t11-,13-,14+,15+,16+/m1/s1. The average Bonchev–Trinajstić information content (AvgIpc) is 2.55. The third kappa shape index (κ3) is 5.94. The summed E-state index contributed by atoms with van der Waals surface area (Å²) in [5, 5.41) is 48.2. The van der Waals surface area contributed by atoms with Crippen LogP contribution in [0.4, 0.5) is 0 Å². The molecular formula is C16H30O8. The van der Waals surface area contributed by atoms with Crippen LogP contribution in [-0.2, 0) is 14.3 Å². The Morgan fingerprint density at radius 1 is 1.04 bits per heavy atom. The molecule has 0 amide bonds. The summed E-state index contributed by atoms with van der Waals surface area (Å²) in [5.74, 6) is -3.57. The van der Waals surface area contributed by atoms with Gasteiger partial charge in [0.05, 0.1) is 6.61 Å². The maximum atomic E-state index is 11.8. The highest BCUT2D eigenvalue weighted by Crippen LogP contribution is 2.29. The van der Waals surface area contributed by atoms with Gasteiger partial charge in [0.2, 0.25) is 0 Å². The van der Waals surface area contributed by atoms with Gasteiger partial charge in [-0.2, -0.15) is 0 Å². The third-order valence-electron chi connectivity index (χ3n) is 4.17. The van der Waals surface area contributed by atoms with Crippen molar-refractivity contribution in [2.75, 3.05) is 6.61 Å². The van der Waals surface area contributed by atoms with Crippen molar-refractivity contribution in [1.29, 1.82) is 0 Å². The summed E-state index contributed by atoms with van der Waals surface area (Å²) >= 11 is 0. The Labute approximate surface area is 142 Å². The van der Waals surface area contributed by atoms with Crippen molar-refractivity contribution in [3.63, 3.8) is 0 Å². The topological polar surface area (TPSA) is 137 Å². The molecule has 0 aromatic heterocycles. The van der Waals surface area contributed by atoms with Gasteiger partial charge in [0.25, 0.3) is 0 Å². The fourth-order valence-corrected chi connectivity index (χ4v) is 2.65. The van der Waals surface area contributed by atoms with E-state index in [0.717, 1.165) is 19.3 Å². The van der Waals surface area contributed by atoms with Gasteiger partial charge in [-0.25, -0.2) is 0 Å². The molecule has 142 valence electrons. The molecule has 1 aliphatic rings. The van der Waals surface area contributed by atoms with E-state index < -0.39 is 43.0 Å². The number of carbonyl (C=O) groups is 1. The van der Waals surface area contributed by atoms with Crippen LogP contribution in [0, 0.1) is 0 Å². The fraction of sp³-hybridized carbons (Fsp3) is 0.938. The van der Waals surface area contributed by atoms with Gasteiger partial charge in [-0.3, -0.25) is 4.79 Å². The van der Waals surface area contributed by atoms with E-state index in [1.54, 1.807) is 0 Å². The zero-order valence-corrected chi connectivity index (χ0v) is 14.1. The number of aliphatic hydroxyl groups excluding tert-OH is 4. The molecule has 0 radical (unpaired) electrons. The van der Waals surface area contributed by atoms with Crippen LogP contribution < -0.4 is 0 Å². The van der Waals surface area contributed by atoms with Crippen LogP contribution in [0.25, 0.3) is 0 Å². The summed E-state index contributed by atoms with van der Waals surface area (Å²) in [6.07, 6.45) is 0.288. The van der Waals surface area contributed by atoms with Crippen molar-refractivity contribution in [2.45, 2.75) is 88.7 Å². The molecule has 0 unspecified atom stereocenters. The van der Waals surface area contributed by atoms with E-state index in [1.165, 1.54) is 19.3 Å². The molecule has 0 aliphatic carbocycles. The number of hydrogen-bond acceptors (Lipinski definition) is 8. The first-order valence-corrected chi connectivity index (χ1v) is 8.62. The van der Waals surface area contributed by atoms with E-state index in [4.69, 9.17) is 14.6 Å². The summed E-state index contributed by atoms with van der Waals surface area (Å²) < 4.78 is 9.61. The molecule has 0 aromatic rings. The molecule has 0 saturated carbocycles. The zero-order chi connectivity index (χ0) is 18.2. The lowest BCUT2D eigenvalue weighted by Gasteiger charge is -2.43. The summed E-state index contributed by atoms with van der Waals surface area (Å²) in [6, 6.07) is 0. The Bertz CT molecular complexity index is 375. The smallest absolute Gasteiger partial charge is 0.357 e. The molecule has 5 atom stereocenters. The third-order valence-corrected chi connectivity index (χ3v) is 4.17. The molecule has 24 heavy (non-hydrogen) atoms. The molecule has 0 aromatic carbocycles. The van der Waals surface area contributed by atoms with Crippen molar-refractivity contribution in [3.05, 3.63) is 0 Å². The van der Waals surface area contributed by atoms with Gasteiger partial charge in [-0.1, -0.05) is 45.4 Å². The quantitative estimate of drug-likeness (QED) is 0.207. The molecule has 1 saturated heterocycles. The molecule has 8 heteroatoms. The van der Waals surface area contributed by atoms with Gasteiger partial charge in [0, 0.05) is 6.42 Å². The minimum Gasteiger partial charge on any atom is -0.406 e. The zero-order valence-electron chi connectivity index (χ0n) is 14.1. The van der Waals surface area contributed by atoms with E-state index in [0.29, 0.717) is 6.42 Å². The van der Waals surface area contributed by atoms with Gasteiger partial charge >= 0.3 is 11.9 Å². The molecule has 1 rings (SSSR count). The summed E-state index contributed by atoms with van der Waals surface area (Å²) in [4.78, 5) is 11.8. The predicted molar refractivity (Wildman–Crippen MR) is 83.6 cm³/mol. The van der Waals surface area contributed by atoms with Crippen LogP contribution in [0.1, 0.15) is 58.3 Å². The Morgan fingerprint density at radius 2 is 1.62 bits per heavy atom. The molecule has 1 heterocycles. The molecule has 1 fully saturated rings. The number of unbranched alkanes of at least 4 members (excludes halogenated alkanes) is 6. The molecule has 8 nitrogen and oxygen atoms in total. The Hall–Kier alpha value is -0.770. The van der Waals surface area contributed by atoms with Gasteiger partial charge in [-0.05, 0) is 6.42 Å². The highest BCUT2D eigenvalue weighted by Gasteiger charge is 2.55. The van der Waals surface area contributed by atoms with Gasteiger partial charge in [0.15, 0.2) is 6.10 Å². The first-order chi connectivity index (χ1) is 11.4. The minimum absolute atomic E-state index is 0.0363. The van der Waals surface area contributed by atoms with Crippen molar-refractivity contribution in [1.82, 2.24) is 0 Å². The van der Waals surface area contributed by atoms with E-state index >= 15 is 0 Å². The molecule has 5 N–H and O–H groups in total. The van der Waals surface area contributed by atoms with Crippen LogP contribution in [0.2, 0.25) is 0 Å². The Kier molecular flexibility index (Phi) is 9.11. The van der Waals surface area contributed by atoms with E-state index in [-0.39, 0.29) is 6.42 Å². The second kappa shape index (κ2) is 10.3. The summed E-state index contributed by atoms with van der Waals surface area (Å²) in [6.45, 7) is 1.42. The Morgan fingerprint density at radius 3 is 2.21 bits per heavy atom. The number of aliphatic hydroxyl groups is 5. The molecule has 0 spiro atoms.